The largest absolute Gasteiger partial charge is 0.392 e. The number of imide groups is 1. The number of benzene rings is 1. The van der Waals surface area contributed by atoms with Crippen molar-refractivity contribution in [2.24, 2.45) is 11.8 Å². The van der Waals surface area contributed by atoms with E-state index in [9.17, 15) is 19.5 Å². The third kappa shape index (κ3) is 2.38. The molecule has 1 aromatic carbocycles. The summed E-state index contributed by atoms with van der Waals surface area (Å²) in [6.45, 7) is 3.69. The van der Waals surface area contributed by atoms with Crippen molar-refractivity contribution in [1.82, 2.24) is 10.2 Å². The van der Waals surface area contributed by atoms with Crippen molar-refractivity contribution in [1.29, 1.82) is 0 Å². The Morgan fingerprint density at radius 3 is 2.68 bits per heavy atom. The molecule has 0 aromatic heterocycles. The predicted octanol–water partition coefficient (Wildman–Crippen LogP) is 0.396. The Morgan fingerprint density at radius 1 is 1.32 bits per heavy atom. The quantitative estimate of drug-likeness (QED) is 0.623. The molecule has 3 aliphatic rings. The first-order valence-electron chi connectivity index (χ1n) is 9.16. The van der Waals surface area contributed by atoms with E-state index < -0.39 is 47.2 Å². The number of methoxy groups -OCH3 is 1. The van der Waals surface area contributed by atoms with Gasteiger partial charge in [-0.15, -0.1) is 0 Å². The first-order valence-corrected chi connectivity index (χ1v) is 9.53. The van der Waals surface area contributed by atoms with Crippen molar-refractivity contribution in [3.8, 4) is 0 Å². The molecule has 2 saturated heterocycles. The number of aryl methyl sites for hydroxylation is 1. The maximum atomic E-state index is 13.3. The van der Waals surface area contributed by atoms with E-state index in [1.807, 2.05) is 6.92 Å². The van der Waals surface area contributed by atoms with E-state index in [4.69, 9.17) is 16.3 Å². The van der Waals surface area contributed by atoms with Crippen LogP contribution in [-0.2, 0) is 24.7 Å². The molecule has 3 amide bonds. The summed E-state index contributed by atoms with van der Waals surface area (Å²) in [5.41, 5.74) is 0.346. The summed E-state index contributed by atoms with van der Waals surface area (Å²) in [4.78, 5) is 40.6. The van der Waals surface area contributed by atoms with Crippen LogP contribution < -0.4 is 10.6 Å². The molecule has 9 heteroatoms. The monoisotopic (exact) mass is 407 g/mol. The van der Waals surface area contributed by atoms with Crippen LogP contribution in [0.25, 0.3) is 0 Å². The number of amides is 3. The zero-order valence-electron chi connectivity index (χ0n) is 15.8. The molecular formula is C19H22ClN3O5. The topological polar surface area (TPSA) is 108 Å². The lowest BCUT2D eigenvalue weighted by molar-refractivity contribution is -0.143. The van der Waals surface area contributed by atoms with Gasteiger partial charge in [0.05, 0.1) is 41.8 Å². The number of aliphatic hydroxyl groups is 1. The molecule has 1 spiro atoms. The summed E-state index contributed by atoms with van der Waals surface area (Å²) in [6, 6.07) is 2.78. The standard InChI is InChI=1S/C19H22ClN3O5/c1-8-6-10-15(11(20)7-8)21-18(27)19(10)13-12(14(22-19)9(2)24)16(25)23(17(13)26)4-5-28-3/h6-7,9,12-14,22,24H,4-5H2,1-3H3,(H,21,27)/t9-,12-,13-,14-,19-/m0/s1. The molecule has 2 fully saturated rings. The second-order valence-electron chi connectivity index (χ2n) is 7.67. The van der Waals surface area contributed by atoms with Crippen LogP contribution in [0, 0.1) is 18.8 Å². The Bertz CT molecular complexity index is 889. The maximum Gasteiger partial charge on any atom is 0.250 e. The number of hydrogen-bond acceptors (Lipinski definition) is 6. The van der Waals surface area contributed by atoms with Gasteiger partial charge in [0.2, 0.25) is 17.7 Å². The number of carbonyl (C=O) groups is 3. The molecule has 4 rings (SSSR count). The van der Waals surface area contributed by atoms with Crippen LogP contribution in [0.5, 0.6) is 0 Å². The lowest BCUT2D eigenvalue weighted by Gasteiger charge is -2.30. The van der Waals surface area contributed by atoms with Crippen molar-refractivity contribution in [3.63, 3.8) is 0 Å². The Labute approximate surface area is 167 Å². The molecule has 0 aliphatic carbocycles. The SMILES string of the molecule is COCCN1C(=O)[C@@H]2[C@H]([C@H](C)O)N[C@]3(C(=O)Nc4c(Cl)cc(C)cc43)[C@@H]2C1=O. The third-order valence-electron chi connectivity index (χ3n) is 5.98. The summed E-state index contributed by atoms with van der Waals surface area (Å²) >= 11 is 6.34. The highest BCUT2D eigenvalue weighted by Crippen LogP contribution is 2.54. The van der Waals surface area contributed by atoms with E-state index in [0.29, 0.717) is 16.3 Å². The second kappa shape index (κ2) is 6.52. The summed E-state index contributed by atoms with van der Waals surface area (Å²) in [7, 11) is 1.49. The van der Waals surface area contributed by atoms with E-state index in [1.165, 1.54) is 7.11 Å². The first-order chi connectivity index (χ1) is 13.2. The highest BCUT2D eigenvalue weighted by Gasteiger charge is 2.71. The van der Waals surface area contributed by atoms with Gasteiger partial charge in [-0.2, -0.15) is 0 Å². The first kappa shape index (κ1) is 19.3. The molecule has 0 radical (unpaired) electrons. The lowest BCUT2D eigenvalue weighted by Crippen LogP contribution is -2.55. The van der Waals surface area contributed by atoms with Gasteiger partial charge in [-0.3, -0.25) is 24.6 Å². The van der Waals surface area contributed by atoms with Gasteiger partial charge in [-0.1, -0.05) is 17.7 Å². The number of carbonyl (C=O) groups excluding carboxylic acids is 3. The van der Waals surface area contributed by atoms with Crippen molar-refractivity contribution < 1.29 is 24.2 Å². The second-order valence-corrected chi connectivity index (χ2v) is 8.07. The van der Waals surface area contributed by atoms with Gasteiger partial charge in [0, 0.05) is 18.7 Å². The van der Waals surface area contributed by atoms with Gasteiger partial charge in [-0.05, 0) is 25.5 Å². The van der Waals surface area contributed by atoms with E-state index >= 15 is 0 Å². The number of rotatable bonds is 4. The van der Waals surface area contributed by atoms with Gasteiger partial charge in [0.1, 0.15) is 5.54 Å². The van der Waals surface area contributed by atoms with Gasteiger partial charge in [-0.25, -0.2) is 0 Å². The highest BCUT2D eigenvalue weighted by atomic mass is 35.5. The summed E-state index contributed by atoms with van der Waals surface area (Å²) < 4.78 is 5.01. The zero-order chi connectivity index (χ0) is 20.4. The van der Waals surface area contributed by atoms with Crippen LogP contribution in [0.3, 0.4) is 0 Å². The number of halogens is 1. The zero-order valence-corrected chi connectivity index (χ0v) is 16.5. The minimum absolute atomic E-state index is 0.104. The smallest absolute Gasteiger partial charge is 0.250 e. The Morgan fingerprint density at radius 2 is 2.04 bits per heavy atom. The van der Waals surface area contributed by atoms with Crippen LogP contribution in [0.1, 0.15) is 18.1 Å². The van der Waals surface area contributed by atoms with E-state index in [1.54, 1.807) is 19.1 Å². The van der Waals surface area contributed by atoms with E-state index in [0.717, 1.165) is 10.5 Å². The molecule has 150 valence electrons. The molecule has 8 nitrogen and oxygen atoms in total. The van der Waals surface area contributed by atoms with Crippen LogP contribution in [-0.4, -0.2) is 60.1 Å². The van der Waals surface area contributed by atoms with Crippen LogP contribution in [0.15, 0.2) is 12.1 Å². The summed E-state index contributed by atoms with van der Waals surface area (Å²) in [5.74, 6) is -3.09. The number of anilines is 1. The fourth-order valence-corrected chi connectivity index (χ4v) is 5.12. The molecule has 3 heterocycles. The van der Waals surface area contributed by atoms with Crippen molar-refractivity contribution >= 4 is 35.0 Å². The number of hydrogen-bond donors (Lipinski definition) is 3. The van der Waals surface area contributed by atoms with Gasteiger partial charge >= 0.3 is 0 Å². The molecule has 0 saturated carbocycles. The molecule has 0 unspecified atom stereocenters. The van der Waals surface area contributed by atoms with E-state index in [2.05, 4.69) is 10.6 Å². The molecule has 3 N–H and O–H groups in total. The number of ether oxygens (including phenoxy) is 1. The van der Waals surface area contributed by atoms with E-state index in [-0.39, 0.29) is 13.2 Å². The van der Waals surface area contributed by atoms with Crippen LogP contribution >= 0.6 is 11.6 Å². The lowest BCUT2D eigenvalue weighted by atomic mass is 9.76. The molecule has 1 aromatic rings. The highest BCUT2D eigenvalue weighted by molar-refractivity contribution is 6.35. The summed E-state index contributed by atoms with van der Waals surface area (Å²) in [6.07, 6.45) is -0.942. The van der Waals surface area contributed by atoms with Gasteiger partial charge in [0.25, 0.3) is 0 Å². The number of nitrogens with one attached hydrogen (secondary N) is 2. The van der Waals surface area contributed by atoms with Crippen LogP contribution in [0.4, 0.5) is 5.69 Å². The molecule has 0 bridgehead atoms. The number of fused-ring (bicyclic) bond motifs is 4. The maximum absolute atomic E-state index is 13.3. The minimum atomic E-state index is -1.45. The molecule has 3 aliphatic heterocycles. The van der Waals surface area contributed by atoms with Crippen molar-refractivity contribution in [2.45, 2.75) is 31.5 Å². The third-order valence-corrected chi connectivity index (χ3v) is 6.28. The Kier molecular flexibility index (Phi) is 4.50. The average Bonchev–Trinajstić information content (AvgIpc) is 3.21. The van der Waals surface area contributed by atoms with Crippen molar-refractivity contribution in [3.05, 3.63) is 28.3 Å². The Balaban J connectivity index is 1.89. The predicted molar refractivity (Wildman–Crippen MR) is 101 cm³/mol. The number of nitrogens with zero attached hydrogens (tertiary/aromatic N) is 1. The molecular weight excluding hydrogens is 386 g/mol. The fraction of sp³-hybridized carbons (Fsp3) is 0.526. The van der Waals surface area contributed by atoms with Crippen molar-refractivity contribution in [2.75, 3.05) is 25.6 Å². The minimum Gasteiger partial charge on any atom is -0.392 e. The normalized spacial score (nSPS) is 32.1. The molecule has 5 atom stereocenters. The number of likely N-dealkylation sites (tertiary alicyclic amines) is 1. The van der Waals surface area contributed by atoms with Gasteiger partial charge < -0.3 is 15.2 Å². The fourth-order valence-electron chi connectivity index (χ4n) is 4.80. The van der Waals surface area contributed by atoms with Gasteiger partial charge in [0.15, 0.2) is 0 Å². The Hall–Kier alpha value is -2.00. The molecule has 28 heavy (non-hydrogen) atoms. The average molecular weight is 408 g/mol. The van der Waals surface area contributed by atoms with Crippen LogP contribution in [0.2, 0.25) is 5.02 Å². The summed E-state index contributed by atoms with van der Waals surface area (Å²) in [5, 5.41) is 16.6. The number of aliphatic hydroxyl groups excluding tert-OH is 1.